The summed E-state index contributed by atoms with van der Waals surface area (Å²) in [4.78, 5) is 19.8. The van der Waals surface area contributed by atoms with Crippen LogP contribution in [0.2, 0.25) is 0 Å². The quantitative estimate of drug-likeness (QED) is 0.800. The molecule has 1 aromatic rings. The maximum absolute atomic E-state index is 13.2. The molecule has 1 fully saturated rings. The predicted molar refractivity (Wildman–Crippen MR) is 86.6 cm³/mol. The highest BCUT2D eigenvalue weighted by Gasteiger charge is 2.68. The van der Waals surface area contributed by atoms with Crippen molar-refractivity contribution in [1.29, 1.82) is 0 Å². The molecule has 0 radical (unpaired) electrons. The normalized spacial score (nSPS) is 35.6. The van der Waals surface area contributed by atoms with Crippen LogP contribution in [0.3, 0.4) is 0 Å². The second-order valence-corrected chi connectivity index (χ2v) is 6.76. The molecule has 0 bridgehead atoms. The van der Waals surface area contributed by atoms with Crippen molar-refractivity contribution in [3.05, 3.63) is 29.8 Å². The lowest BCUT2D eigenvalue weighted by atomic mass is 9.68. The summed E-state index contributed by atoms with van der Waals surface area (Å²) in [5.74, 6) is 1.57. The molecule has 1 unspecified atom stereocenters. The van der Waals surface area contributed by atoms with E-state index in [9.17, 15) is 4.79 Å². The monoisotopic (exact) mass is 314 g/mol. The summed E-state index contributed by atoms with van der Waals surface area (Å²) in [5, 5.41) is 0. The molecule has 1 saturated carbocycles. The van der Waals surface area contributed by atoms with E-state index in [0.717, 1.165) is 42.8 Å². The Labute approximate surface area is 136 Å². The molecule has 0 aromatic heterocycles. The number of fused-ring (bicyclic) bond motifs is 3. The van der Waals surface area contributed by atoms with E-state index < -0.39 is 11.1 Å². The molecular formula is C18H22N2O3. The summed E-state index contributed by atoms with van der Waals surface area (Å²) in [6, 6.07) is 7.84. The first-order chi connectivity index (χ1) is 11.0. The number of amidine groups is 1. The van der Waals surface area contributed by atoms with E-state index in [1.54, 1.807) is 19.1 Å². The van der Waals surface area contributed by atoms with E-state index in [1.165, 1.54) is 0 Å². The van der Waals surface area contributed by atoms with E-state index in [1.807, 2.05) is 31.2 Å². The lowest BCUT2D eigenvalue weighted by Crippen LogP contribution is -2.57. The number of carbonyl (C=O) groups excluding carboxylic acids is 1. The topological polar surface area (TPSA) is 51.1 Å². The van der Waals surface area contributed by atoms with Crippen molar-refractivity contribution in [2.75, 3.05) is 14.2 Å². The van der Waals surface area contributed by atoms with Crippen LogP contribution in [0.1, 0.15) is 38.2 Å². The molecule has 1 amide bonds. The summed E-state index contributed by atoms with van der Waals surface area (Å²) in [7, 11) is 3.55. The summed E-state index contributed by atoms with van der Waals surface area (Å²) in [6.07, 6.45) is 3.56. The van der Waals surface area contributed by atoms with Crippen LogP contribution in [-0.4, -0.2) is 42.5 Å². The van der Waals surface area contributed by atoms with Crippen molar-refractivity contribution in [2.45, 2.75) is 49.9 Å². The van der Waals surface area contributed by atoms with Gasteiger partial charge in [0.15, 0.2) is 0 Å². The van der Waals surface area contributed by atoms with Crippen LogP contribution in [-0.2, 0) is 15.1 Å². The molecule has 0 N–H and O–H groups in total. The van der Waals surface area contributed by atoms with Gasteiger partial charge in [-0.05, 0) is 38.7 Å². The minimum atomic E-state index is -0.929. The molecule has 5 heteroatoms. The maximum Gasteiger partial charge on any atom is 0.264 e. The highest BCUT2D eigenvalue weighted by Crippen LogP contribution is 2.58. The first-order valence-corrected chi connectivity index (χ1v) is 8.20. The number of para-hydroxylation sites is 1. The maximum atomic E-state index is 13.2. The second-order valence-electron chi connectivity index (χ2n) is 6.76. The molecule has 4 rings (SSSR count). The zero-order chi connectivity index (χ0) is 16.2. The van der Waals surface area contributed by atoms with Crippen LogP contribution in [0.4, 0.5) is 0 Å². The van der Waals surface area contributed by atoms with Crippen LogP contribution in [0, 0.1) is 0 Å². The van der Waals surface area contributed by atoms with Gasteiger partial charge in [0.05, 0.1) is 6.10 Å². The Kier molecular flexibility index (Phi) is 3.07. The number of rotatable bonds is 1. The van der Waals surface area contributed by atoms with E-state index in [4.69, 9.17) is 14.5 Å². The standard InChI is InChI=1S/C18H22N2O3/c1-12-19-18(16(21)20(12)2)14-6-4-5-7-15(14)23-17(18)10-8-13(22-3)9-11-17/h4-7,13H,8-11H2,1-3H3. The highest BCUT2D eigenvalue weighted by atomic mass is 16.5. The molecule has 5 nitrogen and oxygen atoms in total. The van der Waals surface area contributed by atoms with Crippen molar-refractivity contribution >= 4 is 11.7 Å². The average molecular weight is 314 g/mol. The molecule has 1 atom stereocenters. The lowest BCUT2D eigenvalue weighted by Gasteiger charge is -2.43. The van der Waals surface area contributed by atoms with E-state index in [2.05, 4.69) is 0 Å². The van der Waals surface area contributed by atoms with Gasteiger partial charge in [-0.3, -0.25) is 4.79 Å². The summed E-state index contributed by atoms with van der Waals surface area (Å²) >= 11 is 0. The fourth-order valence-corrected chi connectivity index (χ4v) is 4.37. The molecular weight excluding hydrogens is 292 g/mol. The molecule has 1 aromatic carbocycles. The highest BCUT2D eigenvalue weighted by molar-refractivity contribution is 6.09. The third kappa shape index (κ3) is 1.71. The van der Waals surface area contributed by atoms with Crippen molar-refractivity contribution in [2.24, 2.45) is 4.99 Å². The van der Waals surface area contributed by atoms with Gasteiger partial charge in [-0.2, -0.15) is 0 Å². The van der Waals surface area contributed by atoms with E-state index in [-0.39, 0.29) is 12.0 Å². The van der Waals surface area contributed by atoms with E-state index in [0.29, 0.717) is 0 Å². The Bertz CT molecular complexity index is 691. The minimum Gasteiger partial charge on any atom is -0.483 e. The largest absolute Gasteiger partial charge is 0.483 e. The number of ether oxygens (including phenoxy) is 2. The van der Waals surface area contributed by atoms with Crippen molar-refractivity contribution in [3.63, 3.8) is 0 Å². The van der Waals surface area contributed by atoms with Gasteiger partial charge >= 0.3 is 0 Å². The average Bonchev–Trinajstić information content (AvgIpc) is 2.97. The first kappa shape index (κ1) is 14.7. The number of benzene rings is 1. The van der Waals surface area contributed by atoms with Gasteiger partial charge in [-0.15, -0.1) is 0 Å². The number of nitrogens with zero attached hydrogens (tertiary/aromatic N) is 2. The first-order valence-electron chi connectivity index (χ1n) is 8.20. The second kappa shape index (κ2) is 4.81. The molecule has 122 valence electrons. The Hall–Kier alpha value is -1.88. The smallest absolute Gasteiger partial charge is 0.264 e. The molecule has 23 heavy (non-hydrogen) atoms. The molecule has 3 aliphatic rings. The van der Waals surface area contributed by atoms with Crippen molar-refractivity contribution in [1.82, 2.24) is 4.90 Å². The molecule has 2 heterocycles. The fraction of sp³-hybridized carbons (Fsp3) is 0.556. The summed E-state index contributed by atoms with van der Waals surface area (Å²) in [6.45, 7) is 1.89. The SMILES string of the molecule is COC1CCC2(CC1)Oc1ccccc1C21N=C(C)N(C)C1=O. The van der Waals surface area contributed by atoms with Gasteiger partial charge in [0.2, 0.25) is 5.54 Å². The van der Waals surface area contributed by atoms with Crippen molar-refractivity contribution in [3.8, 4) is 5.75 Å². The van der Waals surface area contributed by atoms with Gasteiger partial charge in [0.25, 0.3) is 5.91 Å². The predicted octanol–water partition coefficient (Wildman–Crippen LogP) is 2.49. The van der Waals surface area contributed by atoms with Gasteiger partial charge in [-0.25, -0.2) is 4.99 Å². The number of likely N-dealkylation sites (N-methyl/N-ethyl adjacent to an activating group) is 1. The van der Waals surface area contributed by atoms with Crippen molar-refractivity contribution < 1.29 is 14.3 Å². The third-order valence-corrected chi connectivity index (χ3v) is 5.74. The van der Waals surface area contributed by atoms with E-state index >= 15 is 0 Å². The zero-order valence-corrected chi connectivity index (χ0v) is 13.8. The Morgan fingerprint density at radius 2 is 2.00 bits per heavy atom. The summed E-state index contributed by atoms with van der Waals surface area (Å²) < 4.78 is 11.9. The van der Waals surface area contributed by atoms with Crippen LogP contribution < -0.4 is 4.74 Å². The number of hydrogen-bond donors (Lipinski definition) is 0. The van der Waals surface area contributed by atoms with Crippen LogP contribution in [0.5, 0.6) is 5.75 Å². The van der Waals surface area contributed by atoms with Gasteiger partial charge in [0, 0.05) is 19.7 Å². The van der Waals surface area contributed by atoms with Gasteiger partial charge in [0.1, 0.15) is 17.2 Å². The van der Waals surface area contributed by atoms with Gasteiger partial charge in [-0.1, -0.05) is 18.2 Å². The number of hydrogen-bond acceptors (Lipinski definition) is 4. The molecule has 2 aliphatic heterocycles. The molecule has 2 spiro atoms. The Morgan fingerprint density at radius 1 is 1.30 bits per heavy atom. The number of aliphatic imine (C=N–C) groups is 1. The van der Waals surface area contributed by atoms with Crippen LogP contribution in [0.25, 0.3) is 0 Å². The Balaban J connectivity index is 1.87. The number of amides is 1. The van der Waals surface area contributed by atoms with Crippen LogP contribution in [0.15, 0.2) is 29.3 Å². The molecule has 0 saturated heterocycles. The van der Waals surface area contributed by atoms with Gasteiger partial charge < -0.3 is 14.4 Å². The fourth-order valence-electron chi connectivity index (χ4n) is 4.37. The third-order valence-electron chi connectivity index (χ3n) is 5.74. The van der Waals surface area contributed by atoms with Crippen LogP contribution >= 0.6 is 0 Å². The lowest BCUT2D eigenvalue weighted by molar-refractivity contribution is -0.140. The number of methoxy groups -OCH3 is 1. The number of carbonyl (C=O) groups is 1. The zero-order valence-electron chi connectivity index (χ0n) is 13.8. The minimum absolute atomic E-state index is 0.0239. The summed E-state index contributed by atoms with van der Waals surface area (Å²) in [5.41, 5.74) is -0.611. The molecule has 1 aliphatic carbocycles. The Morgan fingerprint density at radius 3 is 2.61 bits per heavy atom.